The maximum absolute atomic E-state index is 11.2. The van der Waals surface area contributed by atoms with Crippen molar-refractivity contribution < 1.29 is 149 Å². The van der Waals surface area contributed by atoms with Gasteiger partial charge in [0.15, 0.2) is 37.7 Å². The Bertz CT molecular complexity index is 1230. The molecule has 0 aromatic carbocycles. The van der Waals surface area contributed by atoms with Crippen LogP contribution in [-0.2, 0) is 56.8 Å². The molecule has 0 saturated carbocycles. The first-order valence-electron chi connectivity index (χ1n) is 21.1. The molecule has 22 aliphatic heterocycles. The van der Waals surface area contributed by atoms with Crippen molar-refractivity contribution in [1.82, 2.24) is 0 Å². The van der Waals surface area contributed by atoms with Gasteiger partial charge < -0.3 is 149 Å². The standard InChI is InChI=1S/C36H60O30/c37-1-7-25-13(43)19(49)31(55-7)62-26-8(2-38)57-33(21(51)15(26)45)64-28-10(4-40)59-35(23(53)17(28)47)66-30-12(6-42)60-36(24(54)18(30)48)65-29-11(5-41)58-34(22(52)16(29)46)63-27-9(3-39)56-32(61-25)20(50)14(27)44/h7-54H,1-6H2/t7-,8-,9-,10-,11-,12-,13-,14-,15-,16-,17-,18-,19-,20-,21-,22-,23-,24?,25-,26-,27-,28-,29-,30-,31?,32?,33?,34?,35?,36?/m1/s1. The fourth-order valence-corrected chi connectivity index (χ4v) is 8.93. The van der Waals surface area contributed by atoms with E-state index in [0.717, 1.165) is 0 Å². The van der Waals surface area contributed by atoms with Crippen molar-refractivity contribution >= 4 is 0 Å². The van der Waals surface area contributed by atoms with Gasteiger partial charge in [0, 0.05) is 0 Å². The minimum absolute atomic E-state index is 0.999. The van der Waals surface area contributed by atoms with Crippen LogP contribution in [0.15, 0.2) is 0 Å². The number of aliphatic hydroxyl groups is 18. The van der Waals surface area contributed by atoms with Crippen molar-refractivity contribution in [3.63, 3.8) is 0 Å². The molecule has 30 nitrogen and oxygen atoms in total. The number of hydrogen-bond donors (Lipinski definition) is 18. The van der Waals surface area contributed by atoms with E-state index in [1.807, 2.05) is 0 Å². The predicted molar refractivity (Wildman–Crippen MR) is 196 cm³/mol. The average Bonchev–Trinajstić information content (AvgIpc) is 3.31. The molecule has 0 aromatic rings. The lowest BCUT2D eigenvalue weighted by Gasteiger charge is -2.50. The van der Waals surface area contributed by atoms with Gasteiger partial charge in [-0.05, 0) is 0 Å². The van der Waals surface area contributed by atoms with Crippen LogP contribution in [0.2, 0.25) is 0 Å². The first-order chi connectivity index (χ1) is 31.4. The van der Waals surface area contributed by atoms with Crippen LogP contribution in [0, 0.1) is 0 Å². The lowest BCUT2D eigenvalue weighted by atomic mass is 9.94. The Morgan fingerprint density at radius 3 is 0.409 bits per heavy atom. The highest BCUT2D eigenvalue weighted by Gasteiger charge is 2.58. The molecule has 0 aromatic heterocycles. The van der Waals surface area contributed by atoms with E-state index < -0.39 is 224 Å². The lowest BCUT2D eigenvalue weighted by Crippen LogP contribution is -2.69. The SMILES string of the molecule is OC[C@H]1OC2O[C@H]3[C@H](O)[C@@H](O)C(O[C@H]4[C@H](O)[C@@H](O)C(O[C@H]5[C@H](O)[C@@H](O)C(O[C@H]6[C@H](O)[C@@H](O)C(O[C@H]7[C@H](O)C(O)C(O[C@H]1[C@H](O)[C@H]2O)O[C@@H]7CO)O[C@@H]6CO)O[C@@H]5CO)O[C@@H]4CO)O[C@@H]3CO. The molecule has 66 heavy (non-hydrogen) atoms. The largest absolute Gasteiger partial charge is 0.394 e. The quantitative estimate of drug-likeness (QED) is 0.117. The topological polar surface area (TPSA) is 475 Å². The Hall–Kier alpha value is -1.20. The number of rotatable bonds is 6. The normalized spacial score (nSPS) is 55.4. The van der Waals surface area contributed by atoms with Gasteiger partial charge in [-0.2, -0.15) is 0 Å². The fraction of sp³-hybridized carbons (Fsp3) is 1.00. The van der Waals surface area contributed by atoms with Crippen molar-refractivity contribution in [3.8, 4) is 0 Å². The van der Waals surface area contributed by atoms with Crippen molar-refractivity contribution in [2.24, 2.45) is 0 Å². The zero-order valence-electron chi connectivity index (χ0n) is 34.5. The summed E-state index contributed by atoms with van der Waals surface area (Å²) in [5.41, 5.74) is 0. The van der Waals surface area contributed by atoms with Crippen LogP contribution < -0.4 is 0 Å². The molecule has 22 rings (SSSR count). The smallest absolute Gasteiger partial charge is 0.187 e. The minimum Gasteiger partial charge on any atom is -0.394 e. The Balaban J connectivity index is 1.19. The summed E-state index contributed by atoms with van der Waals surface area (Å²) in [5.74, 6) is 0. The Labute approximate surface area is 372 Å². The Kier molecular flexibility index (Phi) is 17.6. The molecule has 22 heterocycles. The molecule has 0 spiro atoms. The first kappa shape index (κ1) is 52.6. The van der Waals surface area contributed by atoms with Crippen molar-refractivity contribution in [1.29, 1.82) is 0 Å². The highest BCUT2D eigenvalue weighted by atomic mass is 16.8. The number of aliphatic hydroxyl groups excluding tert-OH is 18. The molecule has 7 unspecified atom stereocenters. The molecule has 22 aliphatic rings. The maximum atomic E-state index is 11.2. The van der Waals surface area contributed by atoms with Gasteiger partial charge in [0.2, 0.25) is 0 Å². The lowest BCUT2D eigenvalue weighted by molar-refractivity contribution is -0.404. The summed E-state index contributed by atoms with van der Waals surface area (Å²) in [4.78, 5) is 0. The van der Waals surface area contributed by atoms with Crippen LogP contribution >= 0.6 is 0 Å². The van der Waals surface area contributed by atoms with E-state index in [0.29, 0.717) is 0 Å². The first-order valence-corrected chi connectivity index (χ1v) is 21.1. The highest BCUT2D eigenvalue weighted by molar-refractivity contribution is 5.01. The molecule has 0 aliphatic carbocycles. The van der Waals surface area contributed by atoms with E-state index in [2.05, 4.69) is 0 Å². The van der Waals surface area contributed by atoms with Gasteiger partial charge in [-0.1, -0.05) is 0 Å². The van der Waals surface area contributed by atoms with Crippen LogP contribution in [0.5, 0.6) is 0 Å². The van der Waals surface area contributed by atoms with Crippen LogP contribution in [0.25, 0.3) is 0 Å². The molecule has 30 heteroatoms. The fourth-order valence-electron chi connectivity index (χ4n) is 8.93. The van der Waals surface area contributed by atoms with Crippen LogP contribution in [-0.4, -0.2) is 316 Å². The second-order valence-corrected chi connectivity index (χ2v) is 16.8. The molecule has 18 N–H and O–H groups in total. The van der Waals surface area contributed by atoms with Gasteiger partial charge in [-0.25, -0.2) is 0 Å². The average molecular weight is 973 g/mol. The van der Waals surface area contributed by atoms with Gasteiger partial charge in [0.25, 0.3) is 0 Å². The third-order valence-electron chi connectivity index (χ3n) is 12.7. The van der Waals surface area contributed by atoms with E-state index in [-0.39, 0.29) is 0 Å². The summed E-state index contributed by atoms with van der Waals surface area (Å²) >= 11 is 0. The van der Waals surface area contributed by atoms with Crippen LogP contribution in [0.1, 0.15) is 0 Å². The molecule has 22 fully saturated rings. The summed E-state index contributed by atoms with van der Waals surface area (Å²) in [6.45, 7) is -5.99. The molecule has 12 bridgehead atoms. The summed E-state index contributed by atoms with van der Waals surface area (Å²) in [5, 5.41) is 196. The van der Waals surface area contributed by atoms with Crippen molar-refractivity contribution in [2.45, 2.75) is 184 Å². The van der Waals surface area contributed by atoms with Gasteiger partial charge in [0.1, 0.15) is 146 Å². The monoisotopic (exact) mass is 972 g/mol. The summed E-state index contributed by atoms with van der Waals surface area (Å²) in [6, 6.07) is 0. The van der Waals surface area contributed by atoms with Gasteiger partial charge in [-0.3, -0.25) is 0 Å². The van der Waals surface area contributed by atoms with Gasteiger partial charge in [0.05, 0.1) is 39.6 Å². The molecule has 30 atom stereocenters. The highest BCUT2D eigenvalue weighted by Crippen LogP contribution is 2.38. The number of hydrogen-bond acceptors (Lipinski definition) is 30. The van der Waals surface area contributed by atoms with E-state index in [1.165, 1.54) is 0 Å². The zero-order chi connectivity index (χ0) is 48.0. The minimum atomic E-state index is -2.15. The van der Waals surface area contributed by atoms with Gasteiger partial charge >= 0.3 is 0 Å². The van der Waals surface area contributed by atoms with Crippen LogP contribution in [0.3, 0.4) is 0 Å². The summed E-state index contributed by atoms with van der Waals surface area (Å²) in [7, 11) is 0. The molecular weight excluding hydrogens is 912 g/mol. The molecule has 0 radical (unpaired) electrons. The third kappa shape index (κ3) is 10.0. The second-order valence-electron chi connectivity index (χ2n) is 16.8. The molecule has 0 amide bonds. The van der Waals surface area contributed by atoms with Crippen molar-refractivity contribution in [3.05, 3.63) is 0 Å². The number of ether oxygens (including phenoxy) is 12. The zero-order valence-corrected chi connectivity index (χ0v) is 34.5. The Morgan fingerprint density at radius 2 is 0.303 bits per heavy atom. The molecule has 22 saturated heterocycles. The van der Waals surface area contributed by atoms with E-state index in [4.69, 9.17) is 56.8 Å². The second kappa shape index (κ2) is 22.1. The third-order valence-corrected chi connectivity index (χ3v) is 12.7. The van der Waals surface area contributed by atoms with E-state index >= 15 is 0 Å². The molecular formula is C36H60O30. The molecule has 384 valence electrons. The Morgan fingerprint density at radius 1 is 0.182 bits per heavy atom. The van der Waals surface area contributed by atoms with Crippen molar-refractivity contribution in [2.75, 3.05) is 39.6 Å². The summed E-state index contributed by atoms with van der Waals surface area (Å²) in [6.07, 6.45) is -58.5. The van der Waals surface area contributed by atoms with Gasteiger partial charge in [-0.15, -0.1) is 0 Å². The van der Waals surface area contributed by atoms with E-state index in [1.54, 1.807) is 0 Å². The van der Waals surface area contributed by atoms with E-state index in [9.17, 15) is 91.9 Å². The van der Waals surface area contributed by atoms with Crippen LogP contribution in [0.4, 0.5) is 0 Å². The maximum Gasteiger partial charge on any atom is 0.187 e. The summed E-state index contributed by atoms with van der Waals surface area (Å²) < 4.78 is 67.9. The predicted octanol–water partition coefficient (Wildman–Crippen LogP) is -13.1.